The van der Waals surface area contributed by atoms with Crippen molar-refractivity contribution in [1.29, 1.82) is 0 Å². The van der Waals surface area contributed by atoms with Gasteiger partial charge in [-0.2, -0.15) is 0 Å². The first kappa shape index (κ1) is 14.1. The van der Waals surface area contributed by atoms with Crippen molar-refractivity contribution in [3.05, 3.63) is 35.4 Å². The molecule has 0 saturated carbocycles. The van der Waals surface area contributed by atoms with Crippen LogP contribution in [0.5, 0.6) is 0 Å². The third-order valence-electron chi connectivity index (χ3n) is 3.33. The van der Waals surface area contributed by atoms with Gasteiger partial charge in [0.05, 0.1) is 5.56 Å². The molecule has 1 heterocycles. The number of halogens is 2. The molecule has 2 rings (SSSR count). The zero-order chi connectivity index (χ0) is 13.9. The summed E-state index contributed by atoms with van der Waals surface area (Å²) in [4.78, 5) is 12.5. The molecule has 1 fully saturated rings. The largest absolute Gasteiger partial charge is 0.381 e. The summed E-state index contributed by atoms with van der Waals surface area (Å²) in [6.07, 6.45) is 0.714. The van der Waals surface area contributed by atoms with Crippen LogP contribution < -0.4 is 0 Å². The van der Waals surface area contributed by atoms with Crippen LogP contribution >= 0.6 is 0 Å². The summed E-state index contributed by atoms with van der Waals surface area (Å²) in [5.74, 6) is -2.64. The predicted molar refractivity (Wildman–Crippen MR) is 65.1 cm³/mol. The molecule has 3 nitrogen and oxygen atoms in total. The number of hydrogen-bond acceptors (Lipinski definition) is 3. The third kappa shape index (κ3) is 2.67. The molecule has 0 spiro atoms. The van der Waals surface area contributed by atoms with E-state index in [1.165, 1.54) is 12.1 Å². The first-order valence-corrected chi connectivity index (χ1v) is 6.31. The van der Waals surface area contributed by atoms with Crippen LogP contribution in [0.2, 0.25) is 0 Å². The van der Waals surface area contributed by atoms with Crippen molar-refractivity contribution in [3.8, 4) is 0 Å². The fourth-order valence-corrected chi connectivity index (χ4v) is 2.34. The molecule has 1 saturated heterocycles. The minimum absolute atomic E-state index is 0.254. The highest BCUT2D eigenvalue weighted by Crippen LogP contribution is 2.30. The third-order valence-corrected chi connectivity index (χ3v) is 3.33. The molecule has 5 heteroatoms. The predicted octanol–water partition coefficient (Wildman–Crippen LogP) is 2.73. The first-order chi connectivity index (χ1) is 9.10. The Balaban J connectivity index is 2.36. The Labute approximate surface area is 110 Å². The quantitative estimate of drug-likeness (QED) is 0.789. The topological polar surface area (TPSA) is 35.5 Å². The minimum Gasteiger partial charge on any atom is -0.381 e. The van der Waals surface area contributed by atoms with Crippen molar-refractivity contribution >= 4 is 5.78 Å². The molecule has 0 radical (unpaired) electrons. The summed E-state index contributed by atoms with van der Waals surface area (Å²) in [5, 5.41) is 0. The van der Waals surface area contributed by atoms with E-state index in [1.54, 1.807) is 6.92 Å². The minimum atomic E-state index is -1.11. The zero-order valence-electron chi connectivity index (χ0n) is 10.7. The van der Waals surface area contributed by atoms with Gasteiger partial charge >= 0.3 is 0 Å². The molecule has 0 aliphatic carbocycles. The van der Waals surface area contributed by atoms with Crippen molar-refractivity contribution in [3.63, 3.8) is 0 Å². The average Bonchev–Trinajstić information content (AvgIpc) is 2.42. The van der Waals surface area contributed by atoms with Crippen LogP contribution in [-0.4, -0.2) is 31.2 Å². The van der Waals surface area contributed by atoms with Gasteiger partial charge in [-0.3, -0.25) is 4.79 Å². The van der Waals surface area contributed by atoms with E-state index in [9.17, 15) is 13.6 Å². The van der Waals surface area contributed by atoms with Crippen LogP contribution in [0, 0.1) is 11.6 Å². The van der Waals surface area contributed by atoms with Gasteiger partial charge in [-0.15, -0.1) is 0 Å². The standard InChI is InChI=1S/C14H16F2O3/c1-2-19-14(6-8-18-9-7-14)13(17)10-4-3-5-11(15)12(10)16/h3-5H,2,6-9H2,1H3. The maximum Gasteiger partial charge on any atom is 0.197 e. The van der Waals surface area contributed by atoms with Crippen molar-refractivity contribution < 1.29 is 23.0 Å². The fourth-order valence-electron chi connectivity index (χ4n) is 2.34. The highest BCUT2D eigenvalue weighted by atomic mass is 19.2. The highest BCUT2D eigenvalue weighted by molar-refractivity contribution is 6.02. The van der Waals surface area contributed by atoms with Crippen LogP contribution in [-0.2, 0) is 9.47 Å². The summed E-state index contributed by atoms with van der Waals surface area (Å²) in [6, 6.07) is 3.60. The Hall–Kier alpha value is -1.33. The fraction of sp³-hybridized carbons (Fsp3) is 0.500. The van der Waals surface area contributed by atoms with Gasteiger partial charge in [-0.1, -0.05) is 6.07 Å². The van der Waals surface area contributed by atoms with Crippen molar-refractivity contribution in [2.75, 3.05) is 19.8 Å². The molecule has 0 unspecified atom stereocenters. The maximum absolute atomic E-state index is 13.7. The van der Waals surface area contributed by atoms with Gasteiger partial charge in [0.1, 0.15) is 5.60 Å². The lowest BCUT2D eigenvalue weighted by molar-refractivity contribution is -0.0823. The molecule has 0 aromatic heterocycles. The molecule has 1 aliphatic rings. The zero-order valence-corrected chi connectivity index (χ0v) is 10.7. The number of ether oxygens (including phenoxy) is 2. The van der Waals surface area contributed by atoms with E-state index in [4.69, 9.17) is 9.47 Å². The molecule has 1 aromatic rings. The van der Waals surface area contributed by atoms with Crippen molar-refractivity contribution in [2.45, 2.75) is 25.4 Å². The van der Waals surface area contributed by atoms with Gasteiger partial charge in [0.2, 0.25) is 0 Å². The number of carbonyl (C=O) groups is 1. The lowest BCUT2D eigenvalue weighted by Crippen LogP contribution is -2.46. The maximum atomic E-state index is 13.7. The smallest absolute Gasteiger partial charge is 0.197 e. The SMILES string of the molecule is CCOC1(C(=O)c2cccc(F)c2F)CCOCC1. The number of rotatable bonds is 4. The monoisotopic (exact) mass is 270 g/mol. The van der Waals surface area contributed by atoms with Gasteiger partial charge in [-0.25, -0.2) is 8.78 Å². The van der Waals surface area contributed by atoms with E-state index in [-0.39, 0.29) is 5.56 Å². The van der Waals surface area contributed by atoms with Gasteiger partial charge in [0.25, 0.3) is 0 Å². The molecular formula is C14H16F2O3. The summed E-state index contributed by atoms with van der Waals surface area (Å²) < 4.78 is 37.7. The average molecular weight is 270 g/mol. The number of benzene rings is 1. The molecular weight excluding hydrogens is 254 g/mol. The second kappa shape index (κ2) is 5.75. The highest BCUT2D eigenvalue weighted by Gasteiger charge is 2.42. The Kier molecular flexibility index (Phi) is 4.27. The number of ketones is 1. The Morgan fingerprint density at radius 2 is 2.05 bits per heavy atom. The summed E-state index contributed by atoms with van der Waals surface area (Å²) in [7, 11) is 0. The molecule has 0 atom stereocenters. The van der Waals surface area contributed by atoms with Gasteiger partial charge in [0.15, 0.2) is 17.4 Å². The summed E-state index contributed by atoms with van der Waals surface area (Å²) in [5.41, 5.74) is -1.35. The summed E-state index contributed by atoms with van der Waals surface area (Å²) >= 11 is 0. The molecule has 0 bridgehead atoms. The van der Waals surface area contributed by atoms with Gasteiger partial charge in [-0.05, 0) is 19.1 Å². The Morgan fingerprint density at radius 1 is 1.37 bits per heavy atom. The second-order valence-electron chi connectivity index (χ2n) is 4.47. The molecule has 1 aliphatic heterocycles. The number of Topliss-reactive ketones (excluding diaryl/α,β-unsaturated/α-hetero) is 1. The van der Waals surface area contributed by atoms with E-state index in [0.717, 1.165) is 6.07 Å². The van der Waals surface area contributed by atoms with E-state index in [0.29, 0.717) is 32.7 Å². The van der Waals surface area contributed by atoms with Crippen LogP contribution in [0.25, 0.3) is 0 Å². The number of hydrogen-bond donors (Lipinski definition) is 0. The summed E-state index contributed by atoms with van der Waals surface area (Å²) in [6.45, 7) is 2.86. The van der Waals surface area contributed by atoms with Crippen LogP contribution in [0.1, 0.15) is 30.1 Å². The first-order valence-electron chi connectivity index (χ1n) is 6.31. The van der Waals surface area contributed by atoms with Crippen LogP contribution in [0.4, 0.5) is 8.78 Å². The lowest BCUT2D eigenvalue weighted by atomic mass is 9.85. The normalized spacial score (nSPS) is 18.3. The van der Waals surface area contributed by atoms with Crippen molar-refractivity contribution in [1.82, 2.24) is 0 Å². The molecule has 0 N–H and O–H groups in total. The van der Waals surface area contributed by atoms with E-state index >= 15 is 0 Å². The molecule has 1 aromatic carbocycles. The Morgan fingerprint density at radius 3 is 2.68 bits per heavy atom. The van der Waals surface area contributed by atoms with Crippen LogP contribution in [0.3, 0.4) is 0 Å². The van der Waals surface area contributed by atoms with Crippen LogP contribution in [0.15, 0.2) is 18.2 Å². The van der Waals surface area contributed by atoms with Gasteiger partial charge in [0, 0.05) is 32.7 Å². The second-order valence-corrected chi connectivity index (χ2v) is 4.47. The van der Waals surface area contributed by atoms with E-state index in [2.05, 4.69) is 0 Å². The number of carbonyl (C=O) groups excluding carboxylic acids is 1. The van der Waals surface area contributed by atoms with E-state index in [1.807, 2.05) is 0 Å². The molecule has 19 heavy (non-hydrogen) atoms. The van der Waals surface area contributed by atoms with Gasteiger partial charge < -0.3 is 9.47 Å². The molecule has 0 amide bonds. The Bertz CT molecular complexity index is 462. The molecule has 104 valence electrons. The van der Waals surface area contributed by atoms with E-state index < -0.39 is 23.0 Å². The van der Waals surface area contributed by atoms with Crippen molar-refractivity contribution in [2.24, 2.45) is 0 Å². The lowest BCUT2D eigenvalue weighted by Gasteiger charge is -2.35.